The number of hydrogen-bond donors (Lipinski definition) is 2. The first-order chi connectivity index (χ1) is 24.9. The van der Waals surface area contributed by atoms with Gasteiger partial charge in [0, 0.05) is 43.3 Å². The van der Waals surface area contributed by atoms with Gasteiger partial charge < -0.3 is 29.4 Å². The van der Waals surface area contributed by atoms with Gasteiger partial charge in [-0.2, -0.15) is 22.7 Å². The van der Waals surface area contributed by atoms with Crippen LogP contribution >= 0.6 is 11.6 Å². The highest BCUT2D eigenvalue weighted by Crippen LogP contribution is 2.34. The fourth-order valence-corrected chi connectivity index (χ4v) is 6.78. The van der Waals surface area contributed by atoms with E-state index in [0.29, 0.717) is 48.5 Å². The fraction of sp³-hybridized carbons (Fsp3) is 0.314. The standard InChI is InChI=1S/C35H32ClF3N8O5/c1-2-27-29(44-11-13-45(14-12-44)32(50)23-18-40-25-6-4-3-5-22(25)30(23)49)33(51)47-34(42-31(43-47)20-9-15-52-16-10-20)46(27)19-28(48)41-26-8-7-21(17-24(26)36)35(37,38)39/h3-9,17-18H,2,10-16,19H2,1H3,(H,40,49)(H,41,48). The largest absolute Gasteiger partial charge is 0.416 e. The maximum absolute atomic E-state index is 14.2. The zero-order chi connectivity index (χ0) is 36.7. The van der Waals surface area contributed by atoms with Gasteiger partial charge in [-0.25, -0.2) is 0 Å². The van der Waals surface area contributed by atoms with Crippen molar-refractivity contribution in [2.24, 2.45) is 0 Å². The summed E-state index contributed by atoms with van der Waals surface area (Å²) in [5.41, 5.74) is 0.329. The number of aromatic nitrogens is 5. The monoisotopic (exact) mass is 736 g/mol. The van der Waals surface area contributed by atoms with Gasteiger partial charge in [0.25, 0.3) is 11.5 Å². The number of hydrogen-bond acceptors (Lipinski definition) is 8. The highest BCUT2D eigenvalue weighted by molar-refractivity contribution is 6.33. The number of alkyl halides is 3. The van der Waals surface area contributed by atoms with Gasteiger partial charge in [-0.1, -0.05) is 36.7 Å². The van der Waals surface area contributed by atoms with Crippen molar-refractivity contribution < 1.29 is 27.5 Å². The minimum Gasteiger partial charge on any atom is -0.377 e. The second-order valence-electron chi connectivity index (χ2n) is 12.3. The molecule has 2 N–H and O–H groups in total. The number of anilines is 2. The lowest BCUT2D eigenvalue weighted by molar-refractivity contribution is -0.137. The van der Waals surface area contributed by atoms with Gasteiger partial charge >= 0.3 is 6.18 Å². The molecule has 0 bridgehead atoms. The van der Waals surface area contributed by atoms with Crippen molar-refractivity contribution in [3.8, 4) is 0 Å². The Morgan fingerprint density at radius 3 is 2.54 bits per heavy atom. The molecule has 1 fully saturated rings. The van der Waals surface area contributed by atoms with E-state index >= 15 is 0 Å². The van der Waals surface area contributed by atoms with E-state index in [0.717, 1.165) is 28.3 Å². The van der Waals surface area contributed by atoms with Crippen LogP contribution in [0.4, 0.5) is 24.5 Å². The highest BCUT2D eigenvalue weighted by Gasteiger charge is 2.32. The molecule has 1 saturated heterocycles. The Morgan fingerprint density at radius 2 is 1.85 bits per heavy atom. The van der Waals surface area contributed by atoms with Gasteiger partial charge in [-0.3, -0.25) is 19.2 Å². The summed E-state index contributed by atoms with van der Waals surface area (Å²) >= 11 is 6.12. The molecule has 5 heterocycles. The second-order valence-corrected chi connectivity index (χ2v) is 12.7. The number of nitrogens with zero attached hydrogens (tertiary/aromatic N) is 6. The fourth-order valence-electron chi connectivity index (χ4n) is 6.55. The van der Waals surface area contributed by atoms with Crippen LogP contribution in [0.25, 0.3) is 22.3 Å². The number of para-hydroxylation sites is 1. The quantitative estimate of drug-likeness (QED) is 0.251. The number of ether oxygens (including phenoxy) is 1. The maximum atomic E-state index is 14.2. The third kappa shape index (κ3) is 6.54. The van der Waals surface area contributed by atoms with E-state index in [1.54, 1.807) is 33.7 Å². The molecule has 2 aliphatic heterocycles. The zero-order valence-corrected chi connectivity index (χ0v) is 28.6. The molecule has 0 radical (unpaired) electrons. The molecule has 0 spiro atoms. The van der Waals surface area contributed by atoms with Gasteiger partial charge in [-0.05, 0) is 48.7 Å². The van der Waals surface area contributed by atoms with Crippen molar-refractivity contribution >= 4 is 57.0 Å². The van der Waals surface area contributed by atoms with Crippen molar-refractivity contribution in [2.45, 2.75) is 32.5 Å². The van der Waals surface area contributed by atoms with Gasteiger partial charge in [0.15, 0.2) is 5.82 Å². The third-order valence-corrected chi connectivity index (χ3v) is 9.50. The average molecular weight is 737 g/mol. The molecule has 0 atom stereocenters. The van der Waals surface area contributed by atoms with E-state index < -0.39 is 29.1 Å². The molecule has 3 aromatic heterocycles. The Kier molecular flexibility index (Phi) is 9.35. The molecular weight excluding hydrogens is 705 g/mol. The van der Waals surface area contributed by atoms with Crippen LogP contribution in [-0.2, 0) is 28.7 Å². The molecule has 0 unspecified atom stereocenters. The van der Waals surface area contributed by atoms with Crippen LogP contribution in [0, 0.1) is 0 Å². The number of piperazine rings is 1. The summed E-state index contributed by atoms with van der Waals surface area (Å²) in [7, 11) is 0. The third-order valence-electron chi connectivity index (χ3n) is 9.19. The lowest BCUT2D eigenvalue weighted by Crippen LogP contribution is -2.51. The van der Waals surface area contributed by atoms with E-state index in [1.807, 2.05) is 17.9 Å². The van der Waals surface area contributed by atoms with E-state index in [4.69, 9.17) is 16.3 Å². The van der Waals surface area contributed by atoms with Crippen LogP contribution in [-0.4, -0.2) is 80.3 Å². The van der Waals surface area contributed by atoms with Crippen molar-refractivity contribution in [3.05, 3.63) is 103 Å². The van der Waals surface area contributed by atoms with Crippen molar-refractivity contribution in [1.82, 2.24) is 29.0 Å². The molecular formula is C35H32ClF3N8O5. The van der Waals surface area contributed by atoms with Crippen LogP contribution in [0.5, 0.6) is 0 Å². The molecule has 13 nitrogen and oxygen atoms in total. The molecule has 5 aromatic rings. The lowest BCUT2D eigenvalue weighted by atomic mass is 10.1. The Labute approximate surface area is 298 Å². The molecule has 2 aromatic carbocycles. The minimum atomic E-state index is -4.61. The molecule has 52 heavy (non-hydrogen) atoms. The van der Waals surface area contributed by atoms with Crippen LogP contribution in [0.2, 0.25) is 5.02 Å². The summed E-state index contributed by atoms with van der Waals surface area (Å²) in [5.74, 6) is -0.653. The summed E-state index contributed by atoms with van der Waals surface area (Å²) in [6, 6.07) is 9.56. The molecule has 17 heteroatoms. The Morgan fingerprint density at radius 1 is 1.08 bits per heavy atom. The number of fused-ring (bicyclic) bond motifs is 2. The number of carbonyl (C=O) groups excluding carboxylic acids is 2. The van der Waals surface area contributed by atoms with Gasteiger partial charge in [0.1, 0.15) is 17.8 Å². The summed E-state index contributed by atoms with van der Waals surface area (Å²) in [6.07, 6.45) is -0.565. The van der Waals surface area contributed by atoms with Crippen molar-refractivity contribution in [1.29, 1.82) is 0 Å². The molecule has 0 saturated carbocycles. The van der Waals surface area contributed by atoms with Crippen molar-refractivity contribution in [2.75, 3.05) is 49.6 Å². The molecule has 2 aliphatic rings. The topological polar surface area (TPSA) is 147 Å². The predicted octanol–water partition coefficient (Wildman–Crippen LogP) is 4.37. The van der Waals surface area contributed by atoms with Gasteiger partial charge in [0.05, 0.1) is 35.2 Å². The van der Waals surface area contributed by atoms with Gasteiger partial charge in [0.2, 0.25) is 17.1 Å². The number of halogens is 4. The van der Waals surface area contributed by atoms with E-state index in [-0.39, 0.29) is 65.9 Å². The first kappa shape index (κ1) is 34.9. The number of benzene rings is 2. The van der Waals surface area contributed by atoms with Crippen LogP contribution in [0.3, 0.4) is 0 Å². The predicted molar refractivity (Wildman–Crippen MR) is 188 cm³/mol. The molecule has 0 aliphatic carbocycles. The van der Waals surface area contributed by atoms with E-state index in [9.17, 15) is 32.3 Å². The summed E-state index contributed by atoms with van der Waals surface area (Å²) in [6.45, 7) is 3.13. The van der Waals surface area contributed by atoms with Gasteiger partial charge in [-0.15, -0.1) is 5.10 Å². The number of nitrogens with one attached hydrogen (secondary N) is 2. The van der Waals surface area contributed by atoms with Crippen molar-refractivity contribution in [3.63, 3.8) is 0 Å². The number of carbonyl (C=O) groups is 2. The summed E-state index contributed by atoms with van der Waals surface area (Å²) in [4.78, 5) is 65.5. The summed E-state index contributed by atoms with van der Waals surface area (Å²) in [5, 5.41) is 7.23. The number of amides is 2. The zero-order valence-electron chi connectivity index (χ0n) is 27.8. The van der Waals surface area contributed by atoms with Crippen LogP contribution in [0.1, 0.15) is 40.8 Å². The highest BCUT2D eigenvalue weighted by atomic mass is 35.5. The minimum absolute atomic E-state index is 0.0156. The smallest absolute Gasteiger partial charge is 0.377 e. The Balaban J connectivity index is 1.21. The molecule has 270 valence electrons. The maximum Gasteiger partial charge on any atom is 0.416 e. The van der Waals surface area contributed by atoms with Crippen LogP contribution in [0.15, 0.2) is 64.3 Å². The Hall–Kier alpha value is -5.48. The van der Waals surface area contributed by atoms with E-state index in [2.05, 4.69) is 20.4 Å². The first-order valence-electron chi connectivity index (χ1n) is 16.6. The normalized spacial score (nSPS) is 15.3. The lowest BCUT2D eigenvalue weighted by Gasteiger charge is -2.36. The SMILES string of the molecule is CCc1c(N2CCN(C(=O)c3c[nH]c4ccccc4c3=O)CC2)c(=O)n2nc(C3=CCOCC3)nc2n1CC(=O)Nc1ccc(C(F)(F)F)cc1Cl. The summed E-state index contributed by atoms with van der Waals surface area (Å²) < 4.78 is 47.8. The van der Waals surface area contributed by atoms with E-state index in [1.165, 1.54) is 6.20 Å². The molecule has 2 amide bonds. The first-order valence-corrected chi connectivity index (χ1v) is 16.9. The molecule has 7 rings (SSSR count). The number of aromatic amines is 1. The number of H-pyrrole nitrogens is 1. The van der Waals surface area contributed by atoms with Crippen LogP contribution < -0.4 is 21.2 Å². The second kappa shape index (κ2) is 13.9. The number of pyridine rings is 1. The number of rotatable bonds is 7. The average Bonchev–Trinajstić information content (AvgIpc) is 3.60. The Bertz CT molecular complexity index is 2380.